The fourth-order valence-corrected chi connectivity index (χ4v) is 5.16. The summed E-state index contributed by atoms with van der Waals surface area (Å²) in [4.78, 5) is 30.8. The Balaban J connectivity index is 1.43. The Hall–Kier alpha value is -2.77. The van der Waals surface area contributed by atoms with Crippen molar-refractivity contribution >= 4 is 11.6 Å². The van der Waals surface area contributed by atoms with Gasteiger partial charge in [0.1, 0.15) is 5.56 Å². The molecule has 2 atom stereocenters. The summed E-state index contributed by atoms with van der Waals surface area (Å²) in [5.74, 6) is 2.06. The monoisotopic (exact) mass is 396 g/mol. The lowest BCUT2D eigenvalue weighted by Gasteiger charge is -2.24. The van der Waals surface area contributed by atoms with Gasteiger partial charge in [0.05, 0.1) is 10.3 Å². The number of nitro benzene ring substituents is 1. The molecule has 2 aromatic rings. The zero-order valence-corrected chi connectivity index (χ0v) is 16.5. The van der Waals surface area contributed by atoms with Crippen molar-refractivity contribution in [2.75, 3.05) is 13.1 Å². The molecule has 1 aromatic heterocycles. The van der Waals surface area contributed by atoms with Gasteiger partial charge in [-0.15, -0.1) is 0 Å². The number of para-hydroxylation sites is 1. The maximum Gasteiger partial charge on any atom is 0.285 e. The van der Waals surface area contributed by atoms with E-state index in [1.807, 2.05) is 0 Å². The Kier molecular flexibility index (Phi) is 4.18. The first-order chi connectivity index (χ1) is 14.0. The van der Waals surface area contributed by atoms with E-state index in [2.05, 4.69) is 5.16 Å². The number of carbonyl (C=O) groups is 1. The predicted octanol–water partition coefficient (Wildman–Crippen LogP) is 3.43. The Morgan fingerprint density at radius 1 is 1.38 bits per heavy atom. The molecule has 3 aliphatic rings. The molecule has 1 saturated heterocycles. The van der Waals surface area contributed by atoms with Crippen LogP contribution in [-0.2, 0) is 11.8 Å². The van der Waals surface area contributed by atoms with Crippen molar-refractivity contribution in [1.82, 2.24) is 15.0 Å². The number of nitro groups is 1. The van der Waals surface area contributed by atoms with E-state index >= 15 is 0 Å². The minimum absolute atomic E-state index is 0.104. The predicted molar refractivity (Wildman–Crippen MR) is 103 cm³/mol. The molecule has 2 saturated carbocycles. The molecule has 0 N–H and O–H groups in total. The highest BCUT2D eigenvalue weighted by atomic mass is 16.6. The molecule has 152 valence electrons. The molecular formula is C21H24N4O4. The van der Waals surface area contributed by atoms with Crippen molar-refractivity contribution in [1.29, 1.82) is 0 Å². The highest BCUT2D eigenvalue weighted by Gasteiger charge is 2.55. The number of aryl methyl sites for hydroxylation is 1. The van der Waals surface area contributed by atoms with Crippen LogP contribution < -0.4 is 0 Å². The van der Waals surface area contributed by atoms with Crippen LogP contribution in [0.4, 0.5) is 5.69 Å². The average Bonchev–Trinajstić information content (AvgIpc) is 3.07. The summed E-state index contributed by atoms with van der Waals surface area (Å²) in [5.41, 5.74) is 0.234. The summed E-state index contributed by atoms with van der Waals surface area (Å²) in [7, 11) is 0. The van der Waals surface area contributed by atoms with Crippen molar-refractivity contribution in [3.63, 3.8) is 0 Å². The SMILES string of the molecule is Cc1cccc(C(=O)N2C[C@H]3CCC[C@@]3(c3nc(CC4CC4)no3)C2)c1[N+](=O)[O-]. The van der Waals surface area contributed by atoms with E-state index in [9.17, 15) is 14.9 Å². The number of likely N-dealkylation sites (tertiary alicyclic amines) is 1. The Morgan fingerprint density at radius 2 is 2.21 bits per heavy atom. The Morgan fingerprint density at radius 3 is 2.97 bits per heavy atom. The molecule has 0 bridgehead atoms. The highest BCUT2D eigenvalue weighted by molar-refractivity contribution is 5.99. The third-order valence-corrected chi connectivity index (χ3v) is 6.87. The molecule has 29 heavy (non-hydrogen) atoms. The van der Waals surface area contributed by atoms with Crippen LogP contribution in [0.5, 0.6) is 0 Å². The molecule has 0 spiro atoms. The number of amides is 1. The number of benzene rings is 1. The topological polar surface area (TPSA) is 102 Å². The molecular weight excluding hydrogens is 372 g/mol. The van der Waals surface area contributed by atoms with Crippen LogP contribution in [0.15, 0.2) is 22.7 Å². The van der Waals surface area contributed by atoms with Crippen LogP contribution in [0, 0.1) is 28.9 Å². The molecule has 3 fully saturated rings. The fraction of sp³-hybridized carbons (Fsp3) is 0.571. The number of aromatic nitrogens is 2. The van der Waals surface area contributed by atoms with Gasteiger partial charge in [0.2, 0.25) is 5.89 Å². The van der Waals surface area contributed by atoms with E-state index in [0.29, 0.717) is 30.5 Å². The van der Waals surface area contributed by atoms with Crippen LogP contribution in [-0.4, -0.2) is 39.0 Å². The summed E-state index contributed by atoms with van der Waals surface area (Å²) in [5, 5.41) is 15.7. The van der Waals surface area contributed by atoms with Crippen LogP contribution in [0.25, 0.3) is 0 Å². The molecule has 0 unspecified atom stereocenters. The van der Waals surface area contributed by atoms with Crippen molar-refractivity contribution in [3.8, 4) is 0 Å². The number of hydrogen-bond donors (Lipinski definition) is 0. The lowest BCUT2D eigenvalue weighted by molar-refractivity contribution is -0.385. The Bertz CT molecular complexity index is 983. The summed E-state index contributed by atoms with van der Waals surface area (Å²) in [6.45, 7) is 2.71. The first-order valence-corrected chi connectivity index (χ1v) is 10.3. The summed E-state index contributed by atoms with van der Waals surface area (Å²) in [6, 6.07) is 4.91. The normalized spacial score (nSPS) is 26.0. The molecule has 0 radical (unpaired) electrons. The standard InChI is InChI=1S/C21H24N4O4/c1-13-4-2-6-16(18(13)25(27)28)19(26)24-11-15-5-3-9-21(15,12-24)20-22-17(23-29-20)10-14-7-8-14/h2,4,6,14-15H,3,5,7-12H2,1H3/t15-,21-/m1/s1. The van der Waals surface area contributed by atoms with Gasteiger partial charge in [-0.05, 0) is 50.5 Å². The number of fused-ring (bicyclic) bond motifs is 1. The van der Waals surface area contributed by atoms with Gasteiger partial charge in [0.25, 0.3) is 11.6 Å². The average molecular weight is 396 g/mol. The van der Waals surface area contributed by atoms with Gasteiger partial charge in [0.15, 0.2) is 5.82 Å². The number of rotatable bonds is 5. The fourth-order valence-electron chi connectivity index (χ4n) is 5.16. The van der Waals surface area contributed by atoms with Crippen molar-refractivity contribution in [3.05, 3.63) is 51.2 Å². The zero-order valence-electron chi connectivity index (χ0n) is 16.5. The third kappa shape index (κ3) is 3.01. The summed E-state index contributed by atoms with van der Waals surface area (Å²) in [6.07, 6.45) is 6.30. The number of nitrogens with zero attached hydrogens (tertiary/aromatic N) is 4. The first-order valence-electron chi connectivity index (χ1n) is 10.3. The maximum atomic E-state index is 13.2. The molecule has 1 aliphatic heterocycles. The Labute approximate surface area is 168 Å². The van der Waals surface area contributed by atoms with E-state index in [1.165, 1.54) is 12.8 Å². The second-order valence-electron chi connectivity index (χ2n) is 8.82. The van der Waals surface area contributed by atoms with Gasteiger partial charge in [-0.1, -0.05) is 23.7 Å². The minimum Gasteiger partial charge on any atom is -0.339 e. The maximum absolute atomic E-state index is 13.2. The van der Waals surface area contributed by atoms with Crippen LogP contribution in [0.3, 0.4) is 0 Å². The zero-order chi connectivity index (χ0) is 20.2. The van der Waals surface area contributed by atoms with Crippen molar-refractivity contribution in [2.45, 2.75) is 50.9 Å². The summed E-state index contributed by atoms with van der Waals surface area (Å²) >= 11 is 0. The second kappa shape index (κ2) is 6.64. The van der Waals surface area contributed by atoms with E-state index in [0.717, 1.165) is 31.5 Å². The van der Waals surface area contributed by atoms with Crippen molar-refractivity contribution < 1.29 is 14.2 Å². The molecule has 2 aliphatic carbocycles. The molecule has 8 heteroatoms. The van der Waals surface area contributed by atoms with Crippen molar-refractivity contribution in [2.24, 2.45) is 11.8 Å². The molecule has 1 aromatic carbocycles. The molecule has 2 heterocycles. The van der Waals surface area contributed by atoms with Gasteiger partial charge in [0, 0.05) is 25.1 Å². The van der Waals surface area contributed by atoms with Gasteiger partial charge in [-0.2, -0.15) is 4.98 Å². The van der Waals surface area contributed by atoms with E-state index in [4.69, 9.17) is 9.51 Å². The van der Waals surface area contributed by atoms with Gasteiger partial charge < -0.3 is 9.42 Å². The summed E-state index contributed by atoms with van der Waals surface area (Å²) < 4.78 is 5.69. The highest BCUT2D eigenvalue weighted by Crippen LogP contribution is 2.50. The third-order valence-electron chi connectivity index (χ3n) is 6.87. The first kappa shape index (κ1) is 18.3. The lowest BCUT2D eigenvalue weighted by Crippen LogP contribution is -2.35. The number of carbonyl (C=O) groups excluding carboxylic acids is 1. The molecule has 8 nitrogen and oxygen atoms in total. The van der Waals surface area contributed by atoms with Crippen LogP contribution in [0.2, 0.25) is 0 Å². The largest absolute Gasteiger partial charge is 0.339 e. The molecule has 5 rings (SSSR count). The van der Waals surface area contributed by atoms with E-state index in [1.54, 1.807) is 30.0 Å². The van der Waals surface area contributed by atoms with Crippen LogP contribution in [0.1, 0.15) is 59.7 Å². The minimum atomic E-state index is -0.461. The van der Waals surface area contributed by atoms with Crippen LogP contribution >= 0.6 is 0 Å². The number of hydrogen-bond acceptors (Lipinski definition) is 6. The van der Waals surface area contributed by atoms with E-state index < -0.39 is 4.92 Å². The second-order valence-corrected chi connectivity index (χ2v) is 8.82. The van der Waals surface area contributed by atoms with Gasteiger partial charge in [-0.25, -0.2) is 0 Å². The molecule has 1 amide bonds. The lowest BCUT2D eigenvalue weighted by atomic mass is 9.80. The van der Waals surface area contributed by atoms with E-state index in [-0.39, 0.29) is 28.5 Å². The van der Waals surface area contributed by atoms with Gasteiger partial charge in [-0.3, -0.25) is 14.9 Å². The van der Waals surface area contributed by atoms with Gasteiger partial charge >= 0.3 is 0 Å². The quantitative estimate of drug-likeness (QED) is 0.567. The smallest absolute Gasteiger partial charge is 0.285 e.